The molecule has 1 aromatic carbocycles. The minimum absolute atomic E-state index is 0.0249. The summed E-state index contributed by atoms with van der Waals surface area (Å²) in [5, 5.41) is 0. The Balaban J connectivity index is 1.27. The number of hydrogen-bond acceptors (Lipinski definition) is 4. The fourth-order valence-corrected chi connectivity index (χ4v) is 5.45. The number of hydrogen-bond donors (Lipinski definition) is 0. The van der Waals surface area contributed by atoms with Crippen LogP contribution >= 0.6 is 11.3 Å². The maximum atomic E-state index is 13.1. The SMILES string of the molecule is O=C(c1cc2c(s1)-c1ccccc1CC2)N1CCN(c2ccc(C(F)(F)F)cn2)CC1. The van der Waals surface area contributed by atoms with Crippen LogP contribution in [0.2, 0.25) is 0 Å². The van der Waals surface area contributed by atoms with E-state index in [4.69, 9.17) is 0 Å². The Morgan fingerprint density at radius 1 is 0.968 bits per heavy atom. The summed E-state index contributed by atoms with van der Waals surface area (Å²) in [7, 11) is 0. The smallest absolute Gasteiger partial charge is 0.353 e. The quantitative estimate of drug-likeness (QED) is 0.566. The van der Waals surface area contributed by atoms with Gasteiger partial charge >= 0.3 is 6.18 Å². The molecule has 1 fully saturated rings. The molecule has 3 heterocycles. The average molecular weight is 443 g/mol. The van der Waals surface area contributed by atoms with Crippen LogP contribution in [0.25, 0.3) is 10.4 Å². The molecule has 5 rings (SSSR count). The molecule has 0 unspecified atom stereocenters. The van der Waals surface area contributed by atoms with E-state index < -0.39 is 11.7 Å². The van der Waals surface area contributed by atoms with Gasteiger partial charge in [-0.1, -0.05) is 24.3 Å². The van der Waals surface area contributed by atoms with Crippen LogP contribution < -0.4 is 4.90 Å². The molecule has 1 aliphatic heterocycles. The zero-order valence-electron chi connectivity index (χ0n) is 16.7. The van der Waals surface area contributed by atoms with Gasteiger partial charge in [0.1, 0.15) is 5.82 Å². The van der Waals surface area contributed by atoms with E-state index in [-0.39, 0.29) is 5.91 Å². The summed E-state index contributed by atoms with van der Waals surface area (Å²) in [4.78, 5) is 22.8. The molecule has 0 spiro atoms. The Kier molecular flexibility index (Phi) is 4.97. The van der Waals surface area contributed by atoms with Gasteiger partial charge in [-0.2, -0.15) is 13.2 Å². The number of halogens is 3. The first-order valence-corrected chi connectivity index (χ1v) is 11.0. The zero-order chi connectivity index (χ0) is 21.6. The van der Waals surface area contributed by atoms with Crippen LogP contribution in [0.3, 0.4) is 0 Å². The maximum Gasteiger partial charge on any atom is 0.417 e. The van der Waals surface area contributed by atoms with Crippen molar-refractivity contribution in [3.63, 3.8) is 0 Å². The number of aryl methyl sites for hydroxylation is 2. The van der Waals surface area contributed by atoms with Crippen molar-refractivity contribution >= 4 is 23.1 Å². The number of benzene rings is 1. The minimum Gasteiger partial charge on any atom is -0.353 e. The number of piperazine rings is 1. The van der Waals surface area contributed by atoms with Crippen LogP contribution in [0, 0.1) is 0 Å². The number of nitrogens with zero attached hydrogens (tertiary/aromatic N) is 3. The van der Waals surface area contributed by atoms with Crippen molar-refractivity contribution in [2.24, 2.45) is 0 Å². The van der Waals surface area contributed by atoms with Gasteiger partial charge in [-0.15, -0.1) is 11.3 Å². The van der Waals surface area contributed by atoms with Crippen molar-refractivity contribution in [1.29, 1.82) is 0 Å². The topological polar surface area (TPSA) is 36.4 Å². The third-order valence-corrected chi connectivity index (χ3v) is 7.11. The highest BCUT2D eigenvalue weighted by molar-refractivity contribution is 7.17. The lowest BCUT2D eigenvalue weighted by atomic mass is 9.91. The summed E-state index contributed by atoms with van der Waals surface area (Å²) >= 11 is 1.56. The summed E-state index contributed by atoms with van der Waals surface area (Å²) in [5.41, 5.74) is 3.03. The van der Waals surface area contributed by atoms with Gasteiger partial charge in [-0.25, -0.2) is 4.98 Å². The molecule has 0 bridgehead atoms. The number of carbonyl (C=O) groups excluding carboxylic acids is 1. The van der Waals surface area contributed by atoms with E-state index >= 15 is 0 Å². The first-order valence-electron chi connectivity index (χ1n) is 10.2. The summed E-state index contributed by atoms with van der Waals surface area (Å²) < 4.78 is 38.2. The summed E-state index contributed by atoms with van der Waals surface area (Å²) in [6, 6.07) is 12.8. The van der Waals surface area contributed by atoms with E-state index in [2.05, 4.69) is 23.2 Å². The Labute approximate surface area is 181 Å². The van der Waals surface area contributed by atoms with Crippen LogP contribution in [0.15, 0.2) is 48.7 Å². The second-order valence-electron chi connectivity index (χ2n) is 7.80. The molecular weight excluding hydrogens is 423 g/mol. The second kappa shape index (κ2) is 7.67. The van der Waals surface area contributed by atoms with Crippen LogP contribution in [0.4, 0.5) is 19.0 Å². The number of amides is 1. The Hall–Kier alpha value is -2.87. The predicted octanol–water partition coefficient (Wildman–Crippen LogP) is 4.89. The molecule has 1 amide bonds. The zero-order valence-corrected chi connectivity index (χ0v) is 17.5. The van der Waals surface area contributed by atoms with Crippen molar-refractivity contribution < 1.29 is 18.0 Å². The van der Waals surface area contributed by atoms with Crippen molar-refractivity contribution in [1.82, 2.24) is 9.88 Å². The van der Waals surface area contributed by atoms with Crippen molar-refractivity contribution in [2.45, 2.75) is 19.0 Å². The minimum atomic E-state index is -4.39. The summed E-state index contributed by atoms with van der Waals surface area (Å²) in [6.07, 6.45) is -1.59. The molecule has 0 radical (unpaired) electrons. The average Bonchev–Trinajstić information content (AvgIpc) is 3.23. The number of aromatic nitrogens is 1. The summed E-state index contributed by atoms with van der Waals surface area (Å²) in [5.74, 6) is 0.528. The van der Waals surface area contributed by atoms with Gasteiger partial charge in [0.25, 0.3) is 5.91 Å². The molecule has 0 N–H and O–H groups in total. The van der Waals surface area contributed by atoms with Gasteiger partial charge in [0.05, 0.1) is 10.4 Å². The normalized spacial score (nSPS) is 16.1. The first-order chi connectivity index (χ1) is 14.9. The maximum absolute atomic E-state index is 13.1. The predicted molar refractivity (Wildman–Crippen MR) is 115 cm³/mol. The van der Waals surface area contributed by atoms with Crippen LogP contribution in [-0.4, -0.2) is 42.0 Å². The molecular formula is C23H20F3N3OS. The van der Waals surface area contributed by atoms with E-state index in [0.717, 1.165) is 30.0 Å². The number of pyridine rings is 1. The molecule has 1 aliphatic carbocycles. The molecule has 4 nitrogen and oxygen atoms in total. The van der Waals surface area contributed by atoms with Crippen molar-refractivity contribution in [3.8, 4) is 10.4 Å². The molecule has 3 aromatic rings. The van der Waals surface area contributed by atoms with Gasteiger partial charge in [0.2, 0.25) is 0 Å². The van der Waals surface area contributed by atoms with E-state index in [1.807, 2.05) is 21.9 Å². The van der Waals surface area contributed by atoms with Gasteiger partial charge in [0.15, 0.2) is 0 Å². The molecule has 0 saturated carbocycles. The highest BCUT2D eigenvalue weighted by atomic mass is 32.1. The molecule has 160 valence electrons. The van der Waals surface area contributed by atoms with Crippen LogP contribution in [0.5, 0.6) is 0 Å². The van der Waals surface area contributed by atoms with Gasteiger partial charge in [-0.3, -0.25) is 4.79 Å². The fourth-order valence-electron chi connectivity index (χ4n) is 4.21. The number of thiophene rings is 1. The molecule has 1 saturated heterocycles. The van der Waals surface area contributed by atoms with Crippen LogP contribution in [0.1, 0.15) is 26.4 Å². The standard InChI is InChI=1S/C23H20F3N3OS/c24-23(25,26)17-7-8-20(27-14-17)28-9-11-29(12-10-28)22(30)19-13-16-6-5-15-3-1-2-4-18(15)21(16)31-19/h1-4,7-8,13-14H,5-6,9-12H2. The Bertz CT molecular complexity index is 1120. The van der Waals surface area contributed by atoms with Crippen LogP contribution in [-0.2, 0) is 19.0 Å². The molecule has 31 heavy (non-hydrogen) atoms. The van der Waals surface area contributed by atoms with Crippen molar-refractivity contribution in [3.05, 3.63) is 70.2 Å². The van der Waals surface area contributed by atoms with E-state index in [0.29, 0.717) is 32.0 Å². The number of anilines is 1. The highest BCUT2D eigenvalue weighted by Gasteiger charge is 2.31. The second-order valence-corrected chi connectivity index (χ2v) is 8.86. The van der Waals surface area contributed by atoms with E-state index in [9.17, 15) is 18.0 Å². The lowest BCUT2D eigenvalue weighted by Crippen LogP contribution is -2.48. The molecule has 2 aliphatic rings. The number of carbonyl (C=O) groups is 1. The third-order valence-electron chi connectivity index (χ3n) is 5.91. The molecule has 2 aromatic heterocycles. The van der Waals surface area contributed by atoms with Gasteiger partial charge in [-0.05, 0) is 47.7 Å². The van der Waals surface area contributed by atoms with Gasteiger partial charge in [0, 0.05) is 37.3 Å². The first kappa shape index (κ1) is 20.1. The monoisotopic (exact) mass is 443 g/mol. The lowest BCUT2D eigenvalue weighted by molar-refractivity contribution is -0.137. The van der Waals surface area contributed by atoms with E-state index in [1.165, 1.54) is 27.6 Å². The Morgan fingerprint density at radius 2 is 1.71 bits per heavy atom. The molecule has 0 atom stereocenters. The lowest BCUT2D eigenvalue weighted by Gasteiger charge is -2.35. The number of rotatable bonds is 2. The molecule has 8 heteroatoms. The Morgan fingerprint density at radius 3 is 2.42 bits per heavy atom. The largest absolute Gasteiger partial charge is 0.417 e. The third kappa shape index (κ3) is 3.80. The fraction of sp³-hybridized carbons (Fsp3) is 0.304. The summed E-state index contributed by atoms with van der Waals surface area (Å²) in [6.45, 7) is 2.11. The van der Waals surface area contributed by atoms with E-state index in [1.54, 1.807) is 11.3 Å². The van der Waals surface area contributed by atoms with Crippen molar-refractivity contribution in [2.75, 3.05) is 31.1 Å². The highest BCUT2D eigenvalue weighted by Crippen LogP contribution is 2.40. The van der Waals surface area contributed by atoms with Gasteiger partial charge < -0.3 is 9.80 Å². The number of fused-ring (bicyclic) bond motifs is 3. The number of alkyl halides is 3.